The SMILES string of the molecule is CCN(C[C@H](C)C#N)C(=O)C1CCCC1. The van der Waals surface area contributed by atoms with Crippen molar-refractivity contribution in [2.24, 2.45) is 11.8 Å². The van der Waals surface area contributed by atoms with Gasteiger partial charge in [0.2, 0.25) is 5.91 Å². The summed E-state index contributed by atoms with van der Waals surface area (Å²) in [6.07, 6.45) is 4.44. The summed E-state index contributed by atoms with van der Waals surface area (Å²) in [6, 6.07) is 2.18. The van der Waals surface area contributed by atoms with Crippen molar-refractivity contribution in [3.05, 3.63) is 0 Å². The van der Waals surface area contributed by atoms with Gasteiger partial charge < -0.3 is 4.90 Å². The number of carbonyl (C=O) groups is 1. The van der Waals surface area contributed by atoms with Crippen LogP contribution in [0.3, 0.4) is 0 Å². The van der Waals surface area contributed by atoms with Crippen LogP contribution < -0.4 is 0 Å². The quantitative estimate of drug-likeness (QED) is 0.710. The number of hydrogen-bond acceptors (Lipinski definition) is 2. The van der Waals surface area contributed by atoms with Gasteiger partial charge in [0.15, 0.2) is 0 Å². The molecule has 1 rings (SSSR count). The first-order valence-corrected chi connectivity index (χ1v) is 5.87. The Labute approximate surface area is 92.1 Å². The molecule has 0 aromatic rings. The first kappa shape index (κ1) is 12.0. The first-order valence-electron chi connectivity index (χ1n) is 5.87. The molecule has 0 bridgehead atoms. The van der Waals surface area contributed by atoms with Gasteiger partial charge in [-0.3, -0.25) is 4.79 Å². The molecule has 1 fully saturated rings. The summed E-state index contributed by atoms with van der Waals surface area (Å²) in [4.78, 5) is 13.9. The van der Waals surface area contributed by atoms with Crippen LogP contribution in [0.4, 0.5) is 0 Å². The molecule has 84 valence electrons. The van der Waals surface area contributed by atoms with E-state index in [1.54, 1.807) is 0 Å². The average Bonchev–Trinajstić information content (AvgIpc) is 2.77. The number of amides is 1. The van der Waals surface area contributed by atoms with Crippen LogP contribution in [0.15, 0.2) is 0 Å². The normalized spacial score (nSPS) is 18.5. The average molecular weight is 208 g/mol. The Bertz CT molecular complexity index is 251. The van der Waals surface area contributed by atoms with Gasteiger partial charge in [-0.25, -0.2) is 0 Å². The summed E-state index contributed by atoms with van der Waals surface area (Å²) in [6.45, 7) is 5.16. The number of nitrogens with zero attached hydrogens (tertiary/aromatic N) is 2. The lowest BCUT2D eigenvalue weighted by Gasteiger charge is -2.25. The summed E-state index contributed by atoms with van der Waals surface area (Å²) in [5, 5.41) is 8.74. The molecule has 0 spiro atoms. The fourth-order valence-corrected chi connectivity index (χ4v) is 2.18. The minimum Gasteiger partial charge on any atom is -0.341 e. The molecule has 0 radical (unpaired) electrons. The van der Waals surface area contributed by atoms with E-state index in [1.165, 1.54) is 12.8 Å². The summed E-state index contributed by atoms with van der Waals surface area (Å²) in [5.41, 5.74) is 0. The second-order valence-corrected chi connectivity index (χ2v) is 4.39. The van der Waals surface area contributed by atoms with Crippen LogP contribution in [-0.2, 0) is 4.79 Å². The van der Waals surface area contributed by atoms with E-state index in [0.717, 1.165) is 19.4 Å². The highest BCUT2D eigenvalue weighted by molar-refractivity contribution is 5.79. The first-order chi connectivity index (χ1) is 7.19. The number of carbonyl (C=O) groups excluding carboxylic acids is 1. The van der Waals surface area contributed by atoms with Crippen LogP contribution in [0.2, 0.25) is 0 Å². The minimum absolute atomic E-state index is 0.0599. The van der Waals surface area contributed by atoms with Crippen LogP contribution in [0.25, 0.3) is 0 Å². The molecule has 1 aliphatic rings. The van der Waals surface area contributed by atoms with Crippen LogP contribution in [-0.4, -0.2) is 23.9 Å². The Balaban J connectivity index is 2.50. The molecule has 0 unspecified atom stereocenters. The van der Waals surface area contributed by atoms with Gasteiger partial charge in [0, 0.05) is 19.0 Å². The smallest absolute Gasteiger partial charge is 0.225 e. The molecule has 0 saturated heterocycles. The molecule has 15 heavy (non-hydrogen) atoms. The van der Waals surface area contributed by atoms with Crippen molar-refractivity contribution in [3.63, 3.8) is 0 Å². The molecule has 0 aliphatic heterocycles. The van der Waals surface area contributed by atoms with Gasteiger partial charge >= 0.3 is 0 Å². The van der Waals surface area contributed by atoms with E-state index in [1.807, 2.05) is 18.7 Å². The molecule has 1 amide bonds. The van der Waals surface area contributed by atoms with Gasteiger partial charge in [0.1, 0.15) is 0 Å². The van der Waals surface area contributed by atoms with E-state index in [4.69, 9.17) is 5.26 Å². The Hall–Kier alpha value is -1.04. The largest absolute Gasteiger partial charge is 0.341 e. The standard InChI is InChI=1S/C12H20N2O/c1-3-14(9-10(2)8-13)12(15)11-6-4-5-7-11/h10-11H,3-7,9H2,1-2H3/t10-/m1/s1. The lowest BCUT2D eigenvalue weighted by atomic mass is 10.1. The Kier molecular flexibility index (Phi) is 4.61. The fraction of sp³-hybridized carbons (Fsp3) is 0.833. The van der Waals surface area contributed by atoms with Gasteiger partial charge in [0.05, 0.1) is 12.0 Å². The Morgan fingerprint density at radius 1 is 1.53 bits per heavy atom. The van der Waals surface area contributed by atoms with Crippen molar-refractivity contribution in [1.82, 2.24) is 4.90 Å². The van der Waals surface area contributed by atoms with Crippen molar-refractivity contribution < 1.29 is 4.79 Å². The topological polar surface area (TPSA) is 44.1 Å². The van der Waals surface area contributed by atoms with E-state index >= 15 is 0 Å². The zero-order valence-corrected chi connectivity index (χ0v) is 9.70. The highest BCUT2D eigenvalue weighted by Gasteiger charge is 2.26. The van der Waals surface area contributed by atoms with Gasteiger partial charge in [-0.2, -0.15) is 5.26 Å². The van der Waals surface area contributed by atoms with E-state index in [-0.39, 0.29) is 17.7 Å². The van der Waals surface area contributed by atoms with E-state index < -0.39 is 0 Å². The maximum atomic E-state index is 12.0. The van der Waals surface area contributed by atoms with Crippen LogP contribution in [0, 0.1) is 23.2 Å². The molecule has 0 N–H and O–H groups in total. The lowest BCUT2D eigenvalue weighted by molar-refractivity contribution is -0.135. The molecule has 1 aliphatic carbocycles. The van der Waals surface area contributed by atoms with E-state index in [0.29, 0.717) is 6.54 Å². The van der Waals surface area contributed by atoms with Crippen molar-refractivity contribution in [3.8, 4) is 6.07 Å². The zero-order valence-electron chi connectivity index (χ0n) is 9.70. The van der Waals surface area contributed by atoms with Crippen LogP contribution >= 0.6 is 0 Å². The van der Waals surface area contributed by atoms with Gasteiger partial charge in [-0.15, -0.1) is 0 Å². The summed E-state index contributed by atoms with van der Waals surface area (Å²) < 4.78 is 0. The lowest BCUT2D eigenvalue weighted by Crippen LogP contribution is -2.37. The molecule has 0 heterocycles. The fourth-order valence-electron chi connectivity index (χ4n) is 2.18. The van der Waals surface area contributed by atoms with Gasteiger partial charge in [-0.05, 0) is 26.7 Å². The molecule has 3 nitrogen and oxygen atoms in total. The number of hydrogen-bond donors (Lipinski definition) is 0. The Morgan fingerprint density at radius 2 is 2.13 bits per heavy atom. The molecule has 0 aromatic heterocycles. The van der Waals surface area contributed by atoms with E-state index in [2.05, 4.69) is 6.07 Å². The minimum atomic E-state index is -0.0599. The van der Waals surface area contributed by atoms with Crippen molar-refractivity contribution in [1.29, 1.82) is 5.26 Å². The third-order valence-electron chi connectivity index (χ3n) is 3.11. The zero-order chi connectivity index (χ0) is 11.3. The predicted molar refractivity (Wildman–Crippen MR) is 59.0 cm³/mol. The van der Waals surface area contributed by atoms with Crippen LogP contribution in [0.1, 0.15) is 39.5 Å². The van der Waals surface area contributed by atoms with Gasteiger partial charge in [-0.1, -0.05) is 12.8 Å². The summed E-state index contributed by atoms with van der Waals surface area (Å²) in [7, 11) is 0. The monoisotopic (exact) mass is 208 g/mol. The Morgan fingerprint density at radius 3 is 2.60 bits per heavy atom. The highest BCUT2D eigenvalue weighted by Crippen LogP contribution is 2.26. The highest BCUT2D eigenvalue weighted by atomic mass is 16.2. The summed E-state index contributed by atoms with van der Waals surface area (Å²) in [5.74, 6) is 0.434. The van der Waals surface area contributed by atoms with Crippen molar-refractivity contribution in [2.45, 2.75) is 39.5 Å². The molecule has 1 atom stereocenters. The second kappa shape index (κ2) is 5.75. The number of nitriles is 1. The molecule has 1 saturated carbocycles. The van der Waals surface area contributed by atoms with Crippen molar-refractivity contribution in [2.75, 3.05) is 13.1 Å². The molecular weight excluding hydrogens is 188 g/mol. The number of rotatable bonds is 4. The third kappa shape index (κ3) is 3.23. The molecule has 3 heteroatoms. The maximum absolute atomic E-state index is 12.0. The van der Waals surface area contributed by atoms with Gasteiger partial charge in [0.25, 0.3) is 0 Å². The summed E-state index contributed by atoms with van der Waals surface area (Å²) >= 11 is 0. The third-order valence-corrected chi connectivity index (χ3v) is 3.11. The predicted octanol–water partition coefficient (Wildman–Crippen LogP) is 2.18. The molecular formula is C12H20N2O. The van der Waals surface area contributed by atoms with E-state index in [9.17, 15) is 4.79 Å². The van der Waals surface area contributed by atoms with Crippen molar-refractivity contribution >= 4 is 5.91 Å². The maximum Gasteiger partial charge on any atom is 0.225 e. The van der Waals surface area contributed by atoms with Crippen LogP contribution in [0.5, 0.6) is 0 Å². The molecule has 0 aromatic carbocycles. The second-order valence-electron chi connectivity index (χ2n) is 4.39.